The molecule has 0 saturated carbocycles. The molecular weight excluding hydrogens is 413 g/mol. The molecule has 4 aromatic rings. The molecule has 0 spiro atoms. The first-order valence-corrected chi connectivity index (χ1v) is 9.77. The largest absolute Gasteiger partial charge is 0.416 e. The number of benzene rings is 1. The standard InChI is InChI=1S/C17H11F3N4O2S2/c1-24-15(25)13-11(5-6-27-13)21-16(24)28-8-12-22-14(23-26-12)9-3-2-4-10(7-9)17(18,19)20/h2-7H,8H2,1H3. The van der Waals surface area contributed by atoms with Crippen LogP contribution in [0.2, 0.25) is 0 Å². The molecule has 0 radical (unpaired) electrons. The third kappa shape index (κ3) is 3.54. The van der Waals surface area contributed by atoms with Gasteiger partial charge in [-0.3, -0.25) is 9.36 Å². The molecule has 0 aliphatic rings. The van der Waals surface area contributed by atoms with Gasteiger partial charge in [0.15, 0.2) is 5.16 Å². The van der Waals surface area contributed by atoms with Crippen LogP contribution in [0.1, 0.15) is 11.5 Å². The summed E-state index contributed by atoms with van der Waals surface area (Å²) in [5.74, 6) is 0.510. The second kappa shape index (κ2) is 7.06. The summed E-state index contributed by atoms with van der Waals surface area (Å²) in [7, 11) is 1.62. The van der Waals surface area contributed by atoms with Gasteiger partial charge in [-0.2, -0.15) is 18.2 Å². The average molecular weight is 424 g/mol. The number of hydrogen-bond acceptors (Lipinski definition) is 7. The minimum atomic E-state index is -4.45. The summed E-state index contributed by atoms with van der Waals surface area (Å²) in [6, 6.07) is 6.49. The lowest BCUT2D eigenvalue weighted by molar-refractivity contribution is -0.137. The highest BCUT2D eigenvalue weighted by Gasteiger charge is 2.30. The van der Waals surface area contributed by atoms with Gasteiger partial charge in [0.1, 0.15) is 4.70 Å². The van der Waals surface area contributed by atoms with E-state index in [-0.39, 0.29) is 28.6 Å². The van der Waals surface area contributed by atoms with Gasteiger partial charge in [-0.25, -0.2) is 4.98 Å². The SMILES string of the molecule is Cn1c(SCc2nc(-c3cccc(C(F)(F)F)c3)no2)nc2ccsc2c1=O. The molecule has 144 valence electrons. The van der Waals surface area contributed by atoms with Crippen molar-refractivity contribution in [2.75, 3.05) is 0 Å². The fourth-order valence-corrected chi connectivity index (χ4v) is 4.10. The molecule has 0 bridgehead atoms. The molecule has 3 heterocycles. The molecular formula is C17H11F3N4O2S2. The van der Waals surface area contributed by atoms with Gasteiger partial charge in [-0.15, -0.1) is 11.3 Å². The lowest BCUT2D eigenvalue weighted by atomic mass is 10.1. The van der Waals surface area contributed by atoms with E-state index in [9.17, 15) is 18.0 Å². The number of alkyl halides is 3. The van der Waals surface area contributed by atoms with Crippen LogP contribution in [-0.2, 0) is 19.0 Å². The Morgan fingerprint density at radius 1 is 1.25 bits per heavy atom. The maximum Gasteiger partial charge on any atom is 0.416 e. The van der Waals surface area contributed by atoms with Crippen molar-refractivity contribution < 1.29 is 17.7 Å². The van der Waals surface area contributed by atoms with Gasteiger partial charge in [0.05, 0.1) is 16.8 Å². The fraction of sp³-hybridized carbons (Fsp3) is 0.176. The van der Waals surface area contributed by atoms with Crippen molar-refractivity contribution in [3.8, 4) is 11.4 Å². The van der Waals surface area contributed by atoms with E-state index in [1.54, 1.807) is 18.5 Å². The van der Waals surface area contributed by atoms with E-state index >= 15 is 0 Å². The van der Waals surface area contributed by atoms with E-state index in [4.69, 9.17) is 4.52 Å². The first kappa shape index (κ1) is 18.7. The van der Waals surface area contributed by atoms with Crippen molar-refractivity contribution in [2.24, 2.45) is 7.05 Å². The predicted molar refractivity (Wildman–Crippen MR) is 99.2 cm³/mol. The maximum atomic E-state index is 12.9. The quantitative estimate of drug-likeness (QED) is 0.358. The van der Waals surface area contributed by atoms with Crippen LogP contribution in [0.15, 0.2) is 50.2 Å². The van der Waals surface area contributed by atoms with Gasteiger partial charge in [0.25, 0.3) is 5.56 Å². The average Bonchev–Trinajstić information content (AvgIpc) is 3.32. The summed E-state index contributed by atoms with van der Waals surface area (Å²) in [6.45, 7) is 0. The van der Waals surface area contributed by atoms with Gasteiger partial charge >= 0.3 is 6.18 Å². The fourth-order valence-electron chi connectivity index (χ4n) is 2.49. The zero-order valence-electron chi connectivity index (χ0n) is 14.2. The van der Waals surface area contributed by atoms with Crippen molar-refractivity contribution in [3.05, 3.63) is 57.5 Å². The Morgan fingerprint density at radius 2 is 2.07 bits per heavy atom. The van der Waals surface area contributed by atoms with Crippen molar-refractivity contribution in [3.63, 3.8) is 0 Å². The molecule has 11 heteroatoms. The Hall–Kier alpha value is -2.66. The van der Waals surface area contributed by atoms with E-state index in [0.29, 0.717) is 15.4 Å². The smallest absolute Gasteiger partial charge is 0.338 e. The van der Waals surface area contributed by atoms with Crippen LogP contribution in [0.3, 0.4) is 0 Å². The molecule has 0 aliphatic carbocycles. The van der Waals surface area contributed by atoms with Gasteiger partial charge in [0, 0.05) is 12.6 Å². The lowest BCUT2D eigenvalue weighted by Gasteiger charge is -2.06. The highest BCUT2D eigenvalue weighted by molar-refractivity contribution is 7.98. The summed E-state index contributed by atoms with van der Waals surface area (Å²) in [4.78, 5) is 20.9. The summed E-state index contributed by atoms with van der Waals surface area (Å²) in [6.07, 6.45) is -4.45. The van der Waals surface area contributed by atoms with E-state index in [1.807, 2.05) is 0 Å². The number of fused-ring (bicyclic) bond motifs is 1. The molecule has 0 N–H and O–H groups in total. The highest BCUT2D eigenvalue weighted by atomic mass is 32.2. The molecule has 0 atom stereocenters. The number of thiophene rings is 1. The van der Waals surface area contributed by atoms with Crippen LogP contribution in [0, 0.1) is 0 Å². The molecule has 0 amide bonds. The minimum absolute atomic E-state index is 0.0665. The molecule has 0 fully saturated rings. The summed E-state index contributed by atoms with van der Waals surface area (Å²) in [5.41, 5.74) is -0.0995. The van der Waals surface area contributed by atoms with Gasteiger partial charge in [0.2, 0.25) is 11.7 Å². The molecule has 0 saturated heterocycles. The first-order chi connectivity index (χ1) is 13.3. The van der Waals surface area contributed by atoms with Crippen molar-refractivity contribution in [2.45, 2.75) is 17.1 Å². The number of halogens is 3. The minimum Gasteiger partial charge on any atom is -0.338 e. The van der Waals surface area contributed by atoms with Crippen molar-refractivity contribution in [1.82, 2.24) is 19.7 Å². The van der Waals surface area contributed by atoms with Crippen LogP contribution >= 0.6 is 23.1 Å². The van der Waals surface area contributed by atoms with E-state index in [0.717, 1.165) is 12.1 Å². The first-order valence-electron chi connectivity index (χ1n) is 7.90. The Bertz CT molecular complexity index is 1210. The number of aromatic nitrogens is 4. The Labute approximate surface area is 164 Å². The zero-order valence-corrected chi connectivity index (χ0v) is 15.9. The molecule has 4 rings (SSSR count). The van der Waals surface area contributed by atoms with Crippen LogP contribution in [0.4, 0.5) is 13.2 Å². The number of rotatable bonds is 4. The van der Waals surface area contributed by atoms with Gasteiger partial charge < -0.3 is 4.52 Å². The van der Waals surface area contributed by atoms with E-state index in [1.165, 1.54) is 39.8 Å². The molecule has 1 aromatic carbocycles. The summed E-state index contributed by atoms with van der Waals surface area (Å²) < 4.78 is 45.7. The van der Waals surface area contributed by atoms with Gasteiger partial charge in [-0.05, 0) is 23.6 Å². The number of thioether (sulfide) groups is 1. The molecule has 28 heavy (non-hydrogen) atoms. The Kier molecular flexibility index (Phi) is 4.71. The second-order valence-corrected chi connectivity index (χ2v) is 7.63. The van der Waals surface area contributed by atoms with E-state index < -0.39 is 11.7 Å². The van der Waals surface area contributed by atoms with E-state index in [2.05, 4.69) is 15.1 Å². The highest BCUT2D eigenvalue weighted by Crippen LogP contribution is 2.31. The molecule has 0 aliphatic heterocycles. The normalized spacial score (nSPS) is 12.0. The van der Waals surface area contributed by atoms with Crippen LogP contribution < -0.4 is 5.56 Å². The van der Waals surface area contributed by atoms with Crippen LogP contribution in [-0.4, -0.2) is 19.7 Å². The van der Waals surface area contributed by atoms with Gasteiger partial charge in [-0.1, -0.05) is 29.1 Å². The number of nitrogens with zero attached hydrogens (tertiary/aromatic N) is 4. The topological polar surface area (TPSA) is 73.8 Å². The Morgan fingerprint density at radius 3 is 2.86 bits per heavy atom. The summed E-state index contributed by atoms with van der Waals surface area (Å²) in [5, 5.41) is 6.03. The Balaban J connectivity index is 1.55. The van der Waals surface area contributed by atoms with Crippen molar-refractivity contribution in [1.29, 1.82) is 0 Å². The molecule has 0 unspecified atom stereocenters. The maximum absolute atomic E-state index is 12.9. The number of hydrogen-bond donors (Lipinski definition) is 0. The third-order valence-electron chi connectivity index (χ3n) is 3.89. The third-order valence-corrected chi connectivity index (χ3v) is 5.79. The van der Waals surface area contributed by atoms with Crippen LogP contribution in [0.5, 0.6) is 0 Å². The lowest BCUT2D eigenvalue weighted by Crippen LogP contribution is -2.18. The molecule has 6 nitrogen and oxygen atoms in total. The zero-order chi connectivity index (χ0) is 19.9. The van der Waals surface area contributed by atoms with Crippen molar-refractivity contribution >= 4 is 33.3 Å². The van der Waals surface area contributed by atoms with Crippen LogP contribution in [0.25, 0.3) is 21.6 Å². The second-order valence-electron chi connectivity index (χ2n) is 5.77. The predicted octanol–water partition coefficient (Wildman–Crippen LogP) is 4.36. The molecule has 3 aromatic heterocycles. The monoisotopic (exact) mass is 424 g/mol. The summed E-state index contributed by atoms with van der Waals surface area (Å²) >= 11 is 2.56.